The second-order valence-electron chi connectivity index (χ2n) is 8.31. The van der Waals surface area contributed by atoms with E-state index in [9.17, 15) is 32.2 Å². The number of fused-ring (bicyclic) bond motifs is 1. The number of H-pyrrole nitrogens is 1. The summed E-state index contributed by atoms with van der Waals surface area (Å²) in [5.41, 5.74) is -4.96. The Hall–Kier alpha value is -3.01. The van der Waals surface area contributed by atoms with Crippen LogP contribution in [0.5, 0.6) is 11.6 Å². The van der Waals surface area contributed by atoms with Crippen molar-refractivity contribution in [1.29, 1.82) is 0 Å². The van der Waals surface area contributed by atoms with Crippen molar-refractivity contribution >= 4 is 16.5 Å². The highest BCUT2D eigenvalue weighted by molar-refractivity contribution is 5.97. The molecule has 2 aromatic carbocycles. The Morgan fingerprint density at radius 3 is 2.41 bits per heavy atom. The molecule has 0 aliphatic rings. The predicted octanol–water partition coefficient (Wildman–Crippen LogP) is 5.23. The molecule has 0 fully saturated rings. The zero-order valence-electron chi connectivity index (χ0n) is 17.6. The first-order valence-corrected chi connectivity index (χ1v) is 9.64. The number of methoxy groups -OCH3 is 1. The van der Waals surface area contributed by atoms with Gasteiger partial charge in [0, 0.05) is 28.2 Å². The van der Waals surface area contributed by atoms with Gasteiger partial charge in [0.25, 0.3) is 0 Å². The molecule has 1 aromatic heterocycles. The summed E-state index contributed by atoms with van der Waals surface area (Å²) in [5, 5.41) is 23.2. The van der Waals surface area contributed by atoms with Crippen LogP contribution >= 0.6 is 0 Å². The lowest BCUT2D eigenvalue weighted by atomic mass is 9.74. The number of benzene rings is 2. The number of hydrogen-bond donors (Lipinski definition) is 4. The summed E-state index contributed by atoms with van der Waals surface area (Å²) >= 11 is 0. The third-order valence-corrected chi connectivity index (χ3v) is 5.46. The van der Waals surface area contributed by atoms with Crippen molar-refractivity contribution < 1.29 is 36.9 Å². The van der Waals surface area contributed by atoms with Crippen LogP contribution in [0.2, 0.25) is 0 Å². The van der Waals surface area contributed by atoms with Crippen molar-refractivity contribution in [1.82, 2.24) is 4.98 Å². The fraction of sp³-hybridized carbons (Fsp3) is 0.364. The van der Waals surface area contributed by atoms with E-state index in [1.807, 2.05) is 0 Å². The summed E-state index contributed by atoms with van der Waals surface area (Å²) in [6, 6.07) is 5.87. The first kappa shape index (κ1) is 23.6. The molecule has 0 radical (unpaired) electrons. The predicted molar refractivity (Wildman–Crippen MR) is 110 cm³/mol. The van der Waals surface area contributed by atoms with Crippen LogP contribution in [0.25, 0.3) is 10.8 Å². The third-order valence-electron chi connectivity index (χ3n) is 5.46. The van der Waals surface area contributed by atoms with Crippen molar-refractivity contribution in [3.8, 4) is 11.6 Å². The number of aliphatic hydroxyl groups is 1. The van der Waals surface area contributed by atoms with Gasteiger partial charge in [0.05, 0.1) is 13.7 Å². The molecule has 0 saturated heterocycles. The van der Waals surface area contributed by atoms with Gasteiger partial charge in [-0.1, -0.05) is 19.9 Å². The summed E-state index contributed by atoms with van der Waals surface area (Å²) in [6.07, 6.45) is -4.71. The molecule has 0 bridgehead atoms. The number of aromatic amines is 1. The summed E-state index contributed by atoms with van der Waals surface area (Å²) in [7, 11) is 1.27. The molecule has 0 aliphatic carbocycles. The van der Waals surface area contributed by atoms with Crippen LogP contribution in [0.3, 0.4) is 0 Å². The topological polar surface area (TPSA) is 77.5 Å². The minimum Gasteiger partial charge on any atom is -0.496 e. The number of ether oxygens (including phenoxy) is 1. The number of alkyl halides is 3. The molecule has 0 aliphatic heterocycles. The zero-order chi connectivity index (χ0) is 23.9. The van der Waals surface area contributed by atoms with E-state index in [4.69, 9.17) is 4.74 Å². The van der Waals surface area contributed by atoms with Gasteiger partial charge in [-0.2, -0.15) is 13.2 Å². The Morgan fingerprint density at radius 1 is 1.09 bits per heavy atom. The van der Waals surface area contributed by atoms with Crippen LogP contribution in [-0.2, 0) is 5.41 Å². The van der Waals surface area contributed by atoms with Crippen LogP contribution in [0.15, 0.2) is 36.5 Å². The van der Waals surface area contributed by atoms with Crippen LogP contribution in [0, 0.1) is 11.6 Å². The van der Waals surface area contributed by atoms with E-state index < -0.39 is 41.8 Å². The highest BCUT2D eigenvalue weighted by atomic mass is 19.4. The van der Waals surface area contributed by atoms with E-state index in [0.717, 1.165) is 18.2 Å². The fourth-order valence-corrected chi connectivity index (χ4v) is 3.99. The van der Waals surface area contributed by atoms with E-state index in [-0.39, 0.29) is 33.7 Å². The maximum atomic E-state index is 14.5. The number of nitrogens with one attached hydrogen (secondary N) is 2. The van der Waals surface area contributed by atoms with E-state index in [2.05, 4.69) is 10.3 Å². The van der Waals surface area contributed by atoms with Crippen LogP contribution in [-0.4, -0.2) is 40.6 Å². The largest absolute Gasteiger partial charge is 0.496 e. The summed E-state index contributed by atoms with van der Waals surface area (Å²) in [4.78, 5) is 2.46. The van der Waals surface area contributed by atoms with E-state index in [1.54, 1.807) is 0 Å². The molecule has 1 atom stereocenters. The molecule has 3 aromatic rings. The van der Waals surface area contributed by atoms with Crippen molar-refractivity contribution in [3.05, 3.63) is 53.7 Å². The minimum absolute atomic E-state index is 0.0551. The van der Waals surface area contributed by atoms with Gasteiger partial charge in [0.15, 0.2) is 11.5 Å². The maximum Gasteiger partial charge on any atom is 0.418 e. The number of halogens is 5. The van der Waals surface area contributed by atoms with Crippen LogP contribution in [0.4, 0.5) is 27.6 Å². The Labute approximate surface area is 180 Å². The molecule has 10 heteroatoms. The standard InChI is InChI=1S/C22H23F5N2O3/c1-20(2,18-15(24)5-4-6-17(18)32-3)10-21(31,22(25,26)27)11-29-16-8-12(23)7-13-14(16)9-28-19(13)30/h4-9,28-31H,10-11H2,1-3H3. The first-order valence-electron chi connectivity index (χ1n) is 9.64. The molecule has 3 rings (SSSR count). The molecular formula is C22H23F5N2O3. The lowest BCUT2D eigenvalue weighted by Crippen LogP contribution is -2.54. The molecule has 4 N–H and O–H groups in total. The van der Waals surface area contributed by atoms with Gasteiger partial charge in [-0.15, -0.1) is 0 Å². The highest BCUT2D eigenvalue weighted by Gasteiger charge is 2.56. The summed E-state index contributed by atoms with van der Waals surface area (Å²) in [6.45, 7) is 1.70. The zero-order valence-corrected chi connectivity index (χ0v) is 17.6. The van der Waals surface area contributed by atoms with Gasteiger partial charge in [-0.05, 0) is 36.1 Å². The molecule has 1 heterocycles. The monoisotopic (exact) mass is 458 g/mol. The van der Waals surface area contributed by atoms with Gasteiger partial charge in [0.2, 0.25) is 0 Å². The van der Waals surface area contributed by atoms with Gasteiger partial charge in [-0.3, -0.25) is 0 Å². The van der Waals surface area contributed by atoms with Gasteiger partial charge in [0.1, 0.15) is 17.4 Å². The second kappa shape index (κ2) is 8.16. The quantitative estimate of drug-likeness (QED) is 0.366. The number of aromatic hydroxyl groups is 1. The first-order chi connectivity index (χ1) is 14.8. The van der Waals surface area contributed by atoms with Crippen molar-refractivity contribution in [2.45, 2.75) is 37.5 Å². The van der Waals surface area contributed by atoms with E-state index >= 15 is 0 Å². The van der Waals surface area contributed by atoms with Crippen molar-refractivity contribution in [2.24, 2.45) is 0 Å². The normalized spacial score (nSPS) is 14.4. The molecule has 32 heavy (non-hydrogen) atoms. The molecule has 174 valence electrons. The minimum atomic E-state index is -5.09. The van der Waals surface area contributed by atoms with Crippen molar-refractivity contribution in [2.75, 3.05) is 19.0 Å². The van der Waals surface area contributed by atoms with Gasteiger partial charge >= 0.3 is 6.18 Å². The Bertz CT molecular complexity index is 1130. The number of aromatic nitrogens is 1. The molecule has 0 spiro atoms. The fourth-order valence-electron chi connectivity index (χ4n) is 3.99. The van der Waals surface area contributed by atoms with Gasteiger partial charge < -0.3 is 25.3 Å². The summed E-state index contributed by atoms with van der Waals surface area (Å²) in [5.74, 6) is -1.84. The smallest absolute Gasteiger partial charge is 0.418 e. The van der Waals surface area contributed by atoms with Gasteiger partial charge in [-0.25, -0.2) is 8.78 Å². The Balaban J connectivity index is 1.97. The van der Waals surface area contributed by atoms with E-state index in [0.29, 0.717) is 0 Å². The average molecular weight is 458 g/mol. The highest BCUT2D eigenvalue weighted by Crippen LogP contribution is 2.44. The van der Waals surface area contributed by atoms with Crippen LogP contribution < -0.4 is 10.1 Å². The number of rotatable bonds is 7. The number of anilines is 1. The van der Waals surface area contributed by atoms with E-state index in [1.165, 1.54) is 39.3 Å². The lowest BCUT2D eigenvalue weighted by Gasteiger charge is -2.38. The maximum absolute atomic E-state index is 14.5. The molecule has 1 unspecified atom stereocenters. The third kappa shape index (κ3) is 4.32. The summed E-state index contributed by atoms with van der Waals surface area (Å²) < 4.78 is 75.6. The second-order valence-corrected chi connectivity index (χ2v) is 8.31. The SMILES string of the molecule is COc1cccc(F)c1C(C)(C)CC(O)(CNc1cc(F)cc2c(O)[nH]cc12)C(F)(F)F. The number of hydrogen-bond acceptors (Lipinski definition) is 4. The average Bonchev–Trinajstić information content (AvgIpc) is 3.05. The Morgan fingerprint density at radius 2 is 1.78 bits per heavy atom. The van der Waals surface area contributed by atoms with Crippen LogP contribution in [0.1, 0.15) is 25.8 Å². The molecular weight excluding hydrogens is 435 g/mol. The molecule has 5 nitrogen and oxygen atoms in total. The van der Waals surface area contributed by atoms with Crippen molar-refractivity contribution in [3.63, 3.8) is 0 Å². The molecule has 0 amide bonds. The lowest BCUT2D eigenvalue weighted by molar-refractivity contribution is -0.260. The molecule has 0 saturated carbocycles. The Kier molecular flexibility index (Phi) is 6.03.